The molecule has 1 aromatic carbocycles. The highest BCUT2D eigenvalue weighted by molar-refractivity contribution is 9.10. The largest absolute Gasteiger partial charge is 0.496 e. The van der Waals surface area contributed by atoms with Crippen LogP contribution in [-0.4, -0.2) is 25.7 Å². The lowest BCUT2D eigenvalue weighted by atomic mass is 10.1. The molecule has 0 spiro atoms. The van der Waals surface area contributed by atoms with E-state index in [9.17, 15) is 0 Å². The molecule has 0 saturated carbocycles. The average molecular weight is 352 g/mol. The van der Waals surface area contributed by atoms with Gasteiger partial charge in [-0.05, 0) is 36.6 Å². The number of alkyl halides is 1. The van der Waals surface area contributed by atoms with Gasteiger partial charge in [-0.3, -0.25) is 0 Å². The molecule has 0 aromatic heterocycles. The fourth-order valence-electron chi connectivity index (χ4n) is 1.52. The van der Waals surface area contributed by atoms with E-state index in [-0.39, 0.29) is 0 Å². The molecule has 1 aromatic rings. The van der Waals surface area contributed by atoms with Gasteiger partial charge in [-0.25, -0.2) is 0 Å². The van der Waals surface area contributed by atoms with E-state index >= 15 is 0 Å². The van der Waals surface area contributed by atoms with Crippen LogP contribution in [0.4, 0.5) is 0 Å². The summed E-state index contributed by atoms with van der Waals surface area (Å²) in [6, 6.07) is 6.08. The van der Waals surface area contributed by atoms with Crippen molar-refractivity contribution in [3.8, 4) is 5.75 Å². The third-order valence-corrected chi connectivity index (χ3v) is 3.53. The molecule has 0 radical (unpaired) electrons. The molecule has 4 heteroatoms. The number of hydrogen-bond acceptors (Lipinski definition) is 2. The molecule has 0 aliphatic rings. The van der Waals surface area contributed by atoms with Crippen molar-refractivity contribution in [3.05, 3.63) is 28.2 Å². The standard InChI is InChI=1S/C12H16Br2O2/c1-15-8-11(14)4-3-9-7-10(13)5-6-12(9)16-2/h5-7,11H,3-4,8H2,1-2H3. The summed E-state index contributed by atoms with van der Waals surface area (Å²) in [5.74, 6) is 0.945. The Morgan fingerprint density at radius 3 is 2.69 bits per heavy atom. The molecule has 1 rings (SSSR count). The minimum absolute atomic E-state index is 0.390. The Hall–Kier alpha value is -0.0600. The lowest BCUT2D eigenvalue weighted by Crippen LogP contribution is -2.08. The monoisotopic (exact) mass is 350 g/mol. The van der Waals surface area contributed by atoms with E-state index in [1.54, 1.807) is 14.2 Å². The predicted octanol–water partition coefficient (Wildman–Crippen LogP) is 3.80. The van der Waals surface area contributed by atoms with E-state index in [0.717, 1.165) is 29.7 Å². The minimum Gasteiger partial charge on any atom is -0.496 e. The summed E-state index contributed by atoms with van der Waals surface area (Å²) in [5, 5.41) is 0. The van der Waals surface area contributed by atoms with Gasteiger partial charge in [0.05, 0.1) is 13.7 Å². The maximum Gasteiger partial charge on any atom is 0.122 e. The van der Waals surface area contributed by atoms with Crippen molar-refractivity contribution in [2.45, 2.75) is 17.7 Å². The Balaban J connectivity index is 2.61. The molecule has 0 amide bonds. The third kappa shape index (κ3) is 4.44. The number of rotatable bonds is 6. The van der Waals surface area contributed by atoms with Crippen LogP contribution >= 0.6 is 31.9 Å². The Morgan fingerprint density at radius 1 is 1.31 bits per heavy atom. The van der Waals surface area contributed by atoms with Gasteiger partial charge < -0.3 is 9.47 Å². The molecule has 0 N–H and O–H groups in total. The quantitative estimate of drug-likeness (QED) is 0.726. The van der Waals surface area contributed by atoms with E-state index < -0.39 is 0 Å². The lowest BCUT2D eigenvalue weighted by Gasteiger charge is -2.11. The number of benzene rings is 1. The maximum absolute atomic E-state index is 5.33. The zero-order valence-corrected chi connectivity index (χ0v) is 12.7. The van der Waals surface area contributed by atoms with E-state index in [2.05, 4.69) is 37.9 Å². The summed E-state index contributed by atoms with van der Waals surface area (Å²) in [7, 11) is 3.42. The molecule has 0 saturated heterocycles. The van der Waals surface area contributed by atoms with Crippen LogP contribution in [0.3, 0.4) is 0 Å². The topological polar surface area (TPSA) is 18.5 Å². The van der Waals surface area contributed by atoms with Gasteiger partial charge in [0.15, 0.2) is 0 Å². The summed E-state index contributed by atoms with van der Waals surface area (Å²) in [6.07, 6.45) is 2.00. The lowest BCUT2D eigenvalue weighted by molar-refractivity contribution is 0.198. The molecule has 0 fully saturated rings. The van der Waals surface area contributed by atoms with Crippen LogP contribution < -0.4 is 4.74 Å². The van der Waals surface area contributed by atoms with Gasteiger partial charge in [0.2, 0.25) is 0 Å². The van der Waals surface area contributed by atoms with Crippen LogP contribution in [0, 0.1) is 0 Å². The van der Waals surface area contributed by atoms with E-state index in [0.29, 0.717) is 4.83 Å². The molecular formula is C12H16Br2O2. The fraction of sp³-hybridized carbons (Fsp3) is 0.500. The van der Waals surface area contributed by atoms with E-state index in [4.69, 9.17) is 9.47 Å². The molecule has 0 aliphatic carbocycles. The van der Waals surface area contributed by atoms with E-state index in [1.807, 2.05) is 12.1 Å². The minimum atomic E-state index is 0.390. The van der Waals surface area contributed by atoms with Gasteiger partial charge in [0, 0.05) is 16.4 Å². The first-order valence-electron chi connectivity index (χ1n) is 5.12. The Kier molecular flexibility index (Phi) is 6.39. The summed E-state index contributed by atoms with van der Waals surface area (Å²) in [6.45, 7) is 0.732. The van der Waals surface area contributed by atoms with Gasteiger partial charge in [0.25, 0.3) is 0 Å². The molecule has 0 heterocycles. The third-order valence-electron chi connectivity index (χ3n) is 2.32. The van der Waals surface area contributed by atoms with Crippen molar-refractivity contribution < 1.29 is 9.47 Å². The molecule has 0 bridgehead atoms. The number of methoxy groups -OCH3 is 2. The van der Waals surface area contributed by atoms with Crippen molar-refractivity contribution >= 4 is 31.9 Å². The SMILES string of the molecule is COCC(Br)CCc1cc(Br)ccc1OC. The first-order valence-corrected chi connectivity index (χ1v) is 6.83. The second kappa shape index (κ2) is 7.30. The Morgan fingerprint density at radius 2 is 2.06 bits per heavy atom. The average Bonchev–Trinajstić information content (AvgIpc) is 2.27. The zero-order chi connectivity index (χ0) is 12.0. The Labute approximate surface area is 114 Å². The molecule has 0 aliphatic heterocycles. The molecule has 1 atom stereocenters. The Bertz CT molecular complexity index is 329. The highest BCUT2D eigenvalue weighted by atomic mass is 79.9. The number of ether oxygens (including phenoxy) is 2. The number of halogens is 2. The van der Waals surface area contributed by atoms with Crippen molar-refractivity contribution in [3.63, 3.8) is 0 Å². The summed E-state index contributed by atoms with van der Waals surface area (Å²) < 4.78 is 11.5. The summed E-state index contributed by atoms with van der Waals surface area (Å²) in [5.41, 5.74) is 1.22. The fourth-order valence-corrected chi connectivity index (χ4v) is 2.42. The van der Waals surface area contributed by atoms with Gasteiger partial charge in [-0.15, -0.1) is 0 Å². The molecule has 16 heavy (non-hydrogen) atoms. The van der Waals surface area contributed by atoms with Gasteiger partial charge in [0.1, 0.15) is 5.75 Å². The van der Waals surface area contributed by atoms with Gasteiger partial charge in [-0.2, -0.15) is 0 Å². The van der Waals surface area contributed by atoms with Crippen LogP contribution in [-0.2, 0) is 11.2 Å². The van der Waals surface area contributed by atoms with Crippen LogP contribution in [0.2, 0.25) is 0 Å². The summed E-state index contributed by atoms with van der Waals surface area (Å²) in [4.78, 5) is 0.390. The molecular weight excluding hydrogens is 336 g/mol. The summed E-state index contributed by atoms with van der Waals surface area (Å²) >= 11 is 7.05. The van der Waals surface area contributed by atoms with Crippen molar-refractivity contribution in [2.75, 3.05) is 20.8 Å². The maximum atomic E-state index is 5.33. The van der Waals surface area contributed by atoms with Crippen LogP contribution in [0.25, 0.3) is 0 Å². The van der Waals surface area contributed by atoms with Gasteiger partial charge in [-0.1, -0.05) is 31.9 Å². The smallest absolute Gasteiger partial charge is 0.122 e. The van der Waals surface area contributed by atoms with Gasteiger partial charge >= 0.3 is 0 Å². The molecule has 2 nitrogen and oxygen atoms in total. The van der Waals surface area contributed by atoms with E-state index in [1.165, 1.54) is 5.56 Å². The van der Waals surface area contributed by atoms with Crippen molar-refractivity contribution in [2.24, 2.45) is 0 Å². The van der Waals surface area contributed by atoms with Crippen molar-refractivity contribution in [1.82, 2.24) is 0 Å². The molecule has 1 unspecified atom stereocenters. The number of aryl methyl sites for hydroxylation is 1. The highest BCUT2D eigenvalue weighted by Gasteiger charge is 2.08. The second-order valence-corrected chi connectivity index (χ2v) is 5.76. The van der Waals surface area contributed by atoms with Crippen LogP contribution in [0.15, 0.2) is 22.7 Å². The zero-order valence-electron chi connectivity index (χ0n) is 9.50. The number of hydrogen-bond donors (Lipinski definition) is 0. The first kappa shape index (κ1) is 14.0. The normalized spacial score (nSPS) is 12.5. The first-order chi connectivity index (χ1) is 7.67. The molecule has 90 valence electrons. The van der Waals surface area contributed by atoms with Crippen molar-refractivity contribution in [1.29, 1.82) is 0 Å². The predicted molar refractivity (Wildman–Crippen MR) is 73.6 cm³/mol. The second-order valence-electron chi connectivity index (χ2n) is 3.55. The highest BCUT2D eigenvalue weighted by Crippen LogP contribution is 2.25. The van der Waals surface area contributed by atoms with Crippen LogP contribution in [0.5, 0.6) is 5.75 Å². The van der Waals surface area contributed by atoms with Crippen LogP contribution in [0.1, 0.15) is 12.0 Å².